The van der Waals surface area contributed by atoms with Crippen LogP contribution in [0, 0.1) is 5.92 Å². The van der Waals surface area contributed by atoms with Crippen LogP contribution in [0.2, 0.25) is 0 Å². The predicted octanol–water partition coefficient (Wildman–Crippen LogP) is 0.359. The quantitative estimate of drug-likeness (QED) is 0.745. The lowest BCUT2D eigenvalue weighted by Gasteiger charge is -2.32. The Morgan fingerprint density at radius 3 is 2.78 bits per heavy atom. The van der Waals surface area contributed by atoms with Crippen molar-refractivity contribution in [2.75, 3.05) is 26.7 Å². The molecular weight excluding hydrogens is 230 g/mol. The third-order valence-electron chi connectivity index (χ3n) is 3.42. The number of amides is 2. The molecule has 2 amide bonds. The van der Waals surface area contributed by atoms with E-state index in [1.165, 1.54) is 0 Å². The van der Waals surface area contributed by atoms with E-state index in [2.05, 4.69) is 10.6 Å². The van der Waals surface area contributed by atoms with Crippen LogP contribution in [-0.2, 0) is 9.59 Å². The summed E-state index contributed by atoms with van der Waals surface area (Å²) in [7, 11) is 1.65. The number of nitrogens with one attached hydrogen (secondary N) is 2. The fourth-order valence-corrected chi connectivity index (χ4v) is 2.43. The third kappa shape index (κ3) is 4.29. The number of piperidine rings is 1. The zero-order chi connectivity index (χ0) is 13.5. The summed E-state index contributed by atoms with van der Waals surface area (Å²) < 4.78 is 0. The number of hydrogen-bond acceptors (Lipinski definition) is 3. The summed E-state index contributed by atoms with van der Waals surface area (Å²) in [5.74, 6) is 0.159. The minimum atomic E-state index is -0.0397. The molecule has 18 heavy (non-hydrogen) atoms. The van der Waals surface area contributed by atoms with Crippen molar-refractivity contribution in [3.05, 3.63) is 0 Å². The Balaban J connectivity index is 2.45. The molecule has 2 unspecified atom stereocenters. The summed E-state index contributed by atoms with van der Waals surface area (Å²) in [6.45, 7) is 6.27. The summed E-state index contributed by atoms with van der Waals surface area (Å²) in [6, 6.07) is 0.197. The summed E-state index contributed by atoms with van der Waals surface area (Å²) in [5, 5.41) is 5.90. The summed E-state index contributed by atoms with van der Waals surface area (Å²) >= 11 is 0. The van der Waals surface area contributed by atoms with Gasteiger partial charge in [-0.25, -0.2) is 0 Å². The molecule has 0 bridgehead atoms. The monoisotopic (exact) mass is 255 g/mol. The zero-order valence-electron chi connectivity index (χ0n) is 11.7. The van der Waals surface area contributed by atoms with E-state index in [-0.39, 0.29) is 23.8 Å². The maximum Gasteiger partial charge on any atom is 0.224 e. The van der Waals surface area contributed by atoms with Crippen molar-refractivity contribution in [3.63, 3.8) is 0 Å². The SMILES string of the molecule is CCNC(C)CC(=O)N1CCCC(C(=O)NC)C1. The molecule has 104 valence electrons. The largest absolute Gasteiger partial charge is 0.359 e. The second kappa shape index (κ2) is 7.36. The molecular formula is C13H25N3O2. The van der Waals surface area contributed by atoms with E-state index in [0.29, 0.717) is 13.0 Å². The molecule has 1 aliphatic rings. The maximum absolute atomic E-state index is 12.1. The van der Waals surface area contributed by atoms with Gasteiger partial charge < -0.3 is 15.5 Å². The molecule has 0 aliphatic carbocycles. The van der Waals surface area contributed by atoms with Crippen LogP contribution in [0.15, 0.2) is 0 Å². The smallest absolute Gasteiger partial charge is 0.224 e. The molecule has 0 spiro atoms. The average Bonchev–Trinajstić information content (AvgIpc) is 2.38. The molecule has 1 aliphatic heterocycles. The van der Waals surface area contributed by atoms with Crippen LogP contribution in [0.1, 0.15) is 33.1 Å². The average molecular weight is 255 g/mol. The highest BCUT2D eigenvalue weighted by Crippen LogP contribution is 2.17. The maximum atomic E-state index is 12.1. The Labute approximate surface area is 109 Å². The van der Waals surface area contributed by atoms with Gasteiger partial charge in [0.1, 0.15) is 0 Å². The van der Waals surface area contributed by atoms with Crippen LogP contribution in [0.25, 0.3) is 0 Å². The Morgan fingerprint density at radius 2 is 2.17 bits per heavy atom. The Hall–Kier alpha value is -1.10. The van der Waals surface area contributed by atoms with Crippen molar-refractivity contribution in [1.29, 1.82) is 0 Å². The molecule has 5 nitrogen and oxygen atoms in total. The third-order valence-corrected chi connectivity index (χ3v) is 3.42. The first kappa shape index (κ1) is 15.0. The summed E-state index contributed by atoms with van der Waals surface area (Å²) in [6.07, 6.45) is 2.31. The van der Waals surface area contributed by atoms with Crippen LogP contribution >= 0.6 is 0 Å². The van der Waals surface area contributed by atoms with Crippen molar-refractivity contribution < 1.29 is 9.59 Å². The van der Waals surface area contributed by atoms with Crippen LogP contribution in [-0.4, -0.2) is 49.4 Å². The van der Waals surface area contributed by atoms with Gasteiger partial charge in [0, 0.05) is 32.6 Å². The van der Waals surface area contributed by atoms with Gasteiger partial charge >= 0.3 is 0 Å². The Kier molecular flexibility index (Phi) is 6.12. The van der Waals surface area contributed by atoms with Gasteiger partial charge in [-0.1, -0.05) is 6.92 Å². The van der Waals surface area contributed by atoms with Crippen molar-refractivity contribution >= 4 is 11.8 Å². The standard InChI is InChI=1S/C13H25N3O2/c1-4-15-10(2)8-12(17)16-7-5-6-11(9-16)13(18)14-3/h10-11,15H,4-9H2,1-3H3,(H,14,18). The first-order chi connectivity index (χ1) is 8.58. The minimum Gasteiger partial charge on any atom is -0.359 e. The molecule has 2 atom stereocenters. The molecule has 0 aromatic heterocycles. The van der Waals surface area contributed by atoms with Crippen molar-refractivity contribution in [1.82, 2.24) is 15.5 Å². The highest BCUT2D eigenvalue weighted by molar-refractivity contribution is 5.81. The summed E-state index contributed by atoms with van der Waals surface area (Å²) in [4.78, 5) is 25.5. The topological polar surface area (TPSA) is 61.4 Å². The molecule has 1 rings (SSSR count). The van der Waals surface area contributed by atoms with E-state index in [1.807, 2.05) is 18.7 Å². The molecule has 0 aromatic carbocycles. The van der Waals surface area contributed by atoms with Gasteiger partial charge in [0.15, 0.2) is 0 Å². The van der Waals surface area contributed by atoms with Crippen LogP contribution < -0.4 is 10.6 Å². The lowest BCUT2D eigenvalue weighted by atomic mass is 9.96. The number of hydrogen-bond donors (Lipinski definition) is 2. The second-order valence-corrected chi connectivity index (χ2v) is 4.96. The normalized spacial score (nSPS) is 21.5. The number of likely N-dealkylation sites (tertiary alicyclic amines) is 1. The van der Waals surface area contributed by atoms with Gasteiger partial charge in [0.2, 0.25) is 11.8 Å². The molecule has 0 aromatic rings. The molecule has 1 fully saturated rings. The molecule has 0 saturated carbocycles. The van der Waals surface area contributed by atoms with E-state index in [9.17, 15) is 9.59 Å². The number of carbonyl (C=O) groups is 2. The lowest BCUT2D eigenvalue weighted by molar-refractivity contribution is -0.135. The van der Waals surface area contributed by atoms with Gasteiger partial charge in [-0.05, 0) is 26.3 Å². The van der Waals surface area contributed by atoms with Gasteiger partial charge in [-0.3, -0.25) is 9.59 Å². The van der Waals surface area contributed by atoms with E-state index in [0.717, 1.165) is 25.9 Å². The fraction of sp³-hybridized carbons (Fsp3) is 0.846. The van der Waals surface area contributed by atoms with Gasteiger partial charge in [0.25, 0.3) is 0 Å². The van der Waals surface area contributed by atoms with Gasteiger partial charge in [0.05, 0.1) is 5.92 Å². The fourth-order valence-electron chi connectivity index (χ4n) is 2.43. The first-order valence-electron chi connectivity index (χ1n) is 6.81. The molecule has 2 N–H and O–H groups in total. The van der Waals surface area contributed by atoms with Gasteiger partial charge in [-0.15, -0.1) is 0 Å². The van der Waals surface area contributed by atoms with Crippen LogP contribution in [0.3, 0.4) is 0 Å². The highest BCUT2D eigenvalue weighted by Gasteiger charge is 2.28. The first-order valence-corrected chi connectivity index (χ1v) is 6.81. The predicted molar refractivity (Wildman–Crippen MR) is 71.1 cm³/mol. The van der Waals surface area contributed by atoms with Crippen LogP contribution in [0.5, 0.6) is 0 Å². The van der Waals surface area contributed by atoms with E-state index >= 15 is 0 Å². The molecule has 5 heteroatoms. The number of rotatable bonds is 5. The molecule has 1 heterocycles. The molecule has 1 saturated heterocycles. The van der Waals surface area contributed by atoms with E-state index < -0.39 is 0 Å². The zero-order valence-corrected chi connectivity index (χ0v) is 11.7. The van der Waals surface area contributed by atoms with Crippen LogP contribution in [0.4, 0.5) is 0 Å². The lowest BCUT2D eigenvalue weighted by Crippen LogP contribution is -2.46. The van der Waals surface area contributed by atoms with Crippen molar-refractivity contribution in [3.8, 4) is 0 Å². The summed E-state index contributed by atoms with van der Waals surface area (Å²) in [5.41, 5.74) is 0. The highest BCUT2D eigenvalue weighted by atomic mass is 16.2. The van der Waals surface area contributed by atoms with Gasteiger partial charge in [-0.2, -0.15) is 0 Å². The van der Waals surface area contributed by atoms with E-state index in [1.54, 1.807) is 7.05 Å². The van der Waals surface area contributed by atoms with Crippen molar-refractivity contribution in [2.45, 2.75) is 39.2 Å². The second-order valence-electron chi connectivity index (χ2n) is 4.96. The van der Waals surface area contributed by atoms with E-state index in [4.69, 9.17) is 0 Å². The minimum absolute atomic E-state index is 0.0397. The number of carbonyl (C=O) groups excluding carboxylic acids is 2. The molecule has 0 radical (unpaired) electrons. The number of nitrogens with zero attached hydrogens (tertiary/aromatic N) is 1. The Bertz CT molecular complexity index is 294. The Morgan fingerprint density at radius 1 is 1.44 bits per heavy atom. The van der Waals surface area contributed by atoms with Crippen molar-refractivity contribution in [2.24, 2.45) is 5.92 Å².